The van der Waals surface area contributed by atoms with Gasteiger partial charge in [0, 0.05) is 20.2 Å². The van der Waals surface area contributed by atoms with Gasteiger partial charge in [-0.1, -0.05) is 0 Å². The van der Waals surface area contributed by atoms with Gasteiger partial charge in [0.1, 0.15) is 5.82 Å². The molecule has 0 amide bonds. The Balaban J connectivity index is 4.42. The predicted octanol–water partition coefficient (Wildman–Crippen LogP) is 0.398. The van der Waals surface area contributed by atoms with Crippen molar-refractivity contribution in [3.63, 3.8) is 0 Å². The first kappa shape index (κ1) is 10.8. The molecule has 0 aromatic carbocycles. The number of alkyl halides is 3. The summed E-state index contributed by atoms with van der Waals surface area (Å²) < 4.78 is 34.9. The highest BCUT2D eigenvalue weighted by molar-refractivity contribution is 5.94. The van der Waals surface area contributed by atoms with Crippen LogP contribution >= 0.6 is 0 Å². The second-order valence-electron chi connectivity index (χ2n) is 1.92. The monoisotopic (exact) mass is 182 g/mol. The van der Waals surface area contributed by atoms with E-state index in [0.29, 0.717) is 6.08 Å². The molecule has 0 aromatic rings. The van der Waals surface area contributed by atoms with Crippen LogP contribution in [0.15, 0.2) is 11.9 Å². The molecule has 0 radical (unpaired) electrons. The van der Waals surface area contributed by atoms with Crippen molar-refractivity contribution in [3.05, 3.63) is 11.9 Å². The first-order chi connectivity index (χ1) is 5.41. The van der Waals surface area contributed by atoms with E-state index < -0.39 is 12.0 Å². The maximum absolute atomic E-state index is 11.6. The minimum absolute atomic E-state index is 0.0253. The number of ketones is 1. The van der Waals surface area contributed by atoms with Gasteiger partial charge in [-0.3, -0.25) is 4.79 Å². The van der Waals surface area contributed by atoms with Crippen LogP contribution in [0.3, 0.4) is 0 Å². The molecule has 0 aliphatic rings. The van der Waals surface area contributed by atoms with Gasteiger partial charge in [0.25, 0.3) is 5.78 Å². The minimum atomic E-state index is -4.81. The van der Waals surface area contributed by atoms with Gasteiger partial charge in [-0.25, -0.2) is 0 Å². The highest BCUT2D eigenvalue weighted by atomic mass is 19.4. The van der Waals surface area contributed by atoms with E-state index in [-0.39, 0.29) is 5.82 Å². The first-order valence-electron chi connectivity index (χ1n) is 3.10. The van der Waals surface area contributed by atoms with Crippen LogP contribution in [0.4, 0.5) is 13.2 Å². The molecule has 0 saturated carbocycles. The topological polar surface area (TPSA) is 41.1 Å². The predicted molar refractivity (Wildman–Crippen MR) is 37.3 cm³/mol. The molecule has 12 heavy (non-hydrogen) atoms. The normalized spacial score (nSPS) is 10.4. The summed E-state index contributed by atoms with van der Waals surface area (Å²) in [5.74, 6) is -1.86. The fourth-order valence-electron chi connectivity index (χ4n) is 0.482. The van der Waals surface area contributed by atoms with E-state index in [9.17, 15) is 18.0 Å². The summed E-state index contributed by atoms with van der Waals surface area (Å²) in [5.41, 5.74) is 0. The lowest BCUT2D eigenvalue weighted by atomic mass is 10.3. The molecule has 2 N–H and O–H groups in total. The maximum Gasteiger partial charge on any atom is 0.454 e. The van der Waals surface area contributed by atoms with E-state index in [1.807, 2.05) is 0 Å². The molecule has 0 unspecified atom stereocenters. The van der Waals surface area contributed by atoms with Crippen molar-refractivity contribution in [2.24, 2.45) is 0 Å². The van der Waals surface area contributed by atoms with Crippen LogP contribution in [-0.2, 0) is 4.79 Å². The largest absolute Gasteiger partial charge is 0.454 e. The van der Waals surface area contributed by atoms with Crippen molar-refractivity contribution in [2.75, 3.05) is 14.1 Å². The molecule has 0 aromatic heterocycles. The van der Waals surface area contributed by atoms with E-state index in [1.165, 1.54) is 14.1 Å². The Labute approximate surface area is 67.6 Å². The summed E-state index contributed by atoms with van der Waals surface area (Å²) in [6.45, 7) is 0. The number of hydrogen-bond donors (Lipinski definition) is 2. The third-order valence-corrected chi connectivity index (χ3v) is 1.09. The molecule has 3 nitrogen and oxygen atoms in total. The number of halogens is 3. The molecule has 0 fully saturated rings. The third-order valence-electron chi connectivity index (χ3n) is 1.09. The fourth-order valence-corrected chi connectivity index (χ4v) is 0.482. The van der Waals surface area contributed by atoms with Crippen molar-refractivity contribution in [1.82, 2.24) is 10.6 Å². The number of nitrogens with one attached hydrogen (secondary N) is 2. The zero-order chi connectivity index (χ0) is 9.78. The number of carbonyl (C=O) groups excluding carboxylic acids is 1. The lowest BCUT2D eigenvalue weighted by Gasteiger charge is -2.05. The van der Waals surface area contributed by atoms with Crippen LogP contribution in [-0.4, -0.2) is 26.1 Å². The zero-order valence-corrected chi connectivity index (χ0v) is 6.62. The summed E-state index contributed by atoms with van der Waals surface area (Å²) in [4.78, 5) is 10.3. The van der Waals surface area contributed by atoms with Gasteiger partial charge in [-0.15, -0.1) is 0 Å². The fraction of sp³-hybridized carbons (Fsp3) is 0.500. The standard InChI is InChI=1S/C6H9F3N2O/c1-10-5(11-2)3-4(12)6(7,8)9/h3,10-11H,1-2H3. The Morgan fingerprint density at radius 2 is 1.67 bits per heavy atom. The molecule has 0 rings (SSSR count). The Morgan fingerprint density at radius 3 is 1.92 bits per heavy atom. The van der Waals surface area contributed by atoms with Crippen LogP contribution in [0, 0.1) is 0 Å². The third kappa shape index (κ3) is 3.27. The zero-order valence-electron chi connectivity index (χ0n) is 6.62. The number of allylic oxidation sites excluding steroid dienone is 1. The van der Waals surface area contributed by atoms with E-state index in [1.54, 1.807) is 0 Å². The average Bonchev–Trinajstić information content (AvgIpc) is 1.97. The second-order valence-corrected chi connectivity index (χ2v) is 1.92. The summed E-state index contributed by atoms with van der Waals surface area (Å²) in [7, 11) is 2.82. The lowest BCUT2D eigenvalue weighted by Crippen LogP contribution is -2.26. The summed E-state index contributed by atoms with van der Waals surface area (Å²) in [5, 5.41) is 4.77. The van der Waals surface area contributed by atoms with Gasteiger partial charge in [0.15, 0.2) is 0 Å². The molecule has 0 heterocycles. The van der Waals surface area contributed by atoms with E-state index in [2.05, 4.69) is 10.6 Å². The van der Waals surface area contributed by atoms with Crippen molar-refractivity contribution >= 4 is 5.78 Å². The molecular weight excluding hydrogens is 173 g/mol. The summed E-state index contributed by atoms with van der Waals surface area (Å²) in [6, 6.07) is 0. The lowest BCUT2D eigenvalue weighted by molar-refractivity contribution is -0.165. The van der Waals surface area contributed by atoms with Gasteiger partial charge >= 0.3 is 6.18 Å². The van der Waals surface area contributed by atoms with Gasteiger partial charge in [-0.2, -0.15) is 13.2 Å². The highest BCUT2D eigenvalue weighted by Gasteiger charge is 2.36. The molecule has 0 atom stereocenters. The van der Waals surface area contributed by atoms with Crippen LogP contribution in [0.5, 0.6) is 0 Å². The molecule has 0 spiro atoms. The summed E-state index contributed by atoms with van der Waals surface area (Å²) >= 11 is 0. The van der Waals surface area contributed by atoms with Gasteiger partial charge in [0.05, 0.1) is 0 Å². The number of hydrogen-bond acceptors (Lipinski definition) is 3. The van der Waals surface area contributed by atoms with Crippen LogP contribution < -0.4 is 10.6 Å². The Kier molecular flexibility index (Phi) is 3.59. The Morgan fingerprint density at radius 1 is 1.25 bits per heavy atom. The van der Waals surface area contributed by atoms with Crippen molar-refractivity contribution in [1.29, 1.82) is 0 Å². The highest BCUT2D eigenvalue weighted by Crippen LogP contribution is 2.16. The quantitative estimate of drug-likeness (QED) is 0.620. The number of carbonyl (C=O) groups is 1. The van der Waals surface area contributed by atoms with E-state index >= 15 is 0 Å². The maximum atomic E-state index is 11.6. The van der Waals surface area contributed by atoms with Crippen LogP contribution in [0.25, 0.3) is 0 Å². The smallest absolute Gasteiger partial charge is 0.375 e. The van der Waals surface area contributed by atoms with Gasteiger partial charge in [-0.05, 0) is 0 Å². The average molecular weight is 182 g/mol. The molecule has 0 saturated heterocycles. The summed E-state index contributed by atoms with van der Waals surface area (Å²) in [6.07, 6.45) is -4.35. The molecule has 0 aliphatic carbocycles. The molecule has 70 valence electrons. The minimum Gasteiger partial charge on any atom is -0.375 e. The van der Waals surface area contributed by atoms with E-state index in [0.717, 1.165) is 0 Å². The molecular formula is C6H9F3N2O. The Bertz CT molecular complexity index is 191. The van der Waals surface area contributed by atoms with E-state index in [4.69, 9.17) is 0 Å². The molecule has 0 bridgehead atoms. The van der Waals surface area contributed by atoms with Gasteiger partial charge < -0.3 is 10.6 Å². The first-order valence-corrected chi connectivity index (χ1v) is 3.10. The number of rotatable bonds is 3. The van der Waals surface area contributed by atoms with Crippen LogP contribution in [0.1, 0.15) is 0 Å². The molecule has 6 heteroatoms. The van der Waals surface area contributed by atoms with Crippen LogP contribution in [0.2, 0.25) is 0 Å². The molecule has 0 aliphatic heterocycles. The van der Waals surface area contributed by atoms with Crippen molar-refractivity contribution in [3.8, 4) is 0 Å². The Hall–Kier alpha value is -1.20. The van der Waals surface area contributed by atoms with Crippen molar-refractivity contribution in [2.45, 2.75) is 6.18 Å². The van der Waals surface area contributed by atoms with Gasteiger partial charge in [0.2, 0.25) is 0 Å². The SMILES string of the molecule is CNC(=CC(=O)C(F)(F)F)NC. The van der Waals surface area contributed by atoms with Crippen molar-refractivity contribution < 1.29 is 18.0 Å². The second kappa shape index (κ2) is 3.99.